The van der Waals surface area contributed by atoms with Gasteiger partial charge in [-0.25, -0.2) is 4.79 Å². The molecule has 0 fully saturated rings. The van der Waals surface area contributed by atoms with Crippen LogP contribution in [0.15, 0.2) is 24.3 Å². The summed E-state index contributed by atoms with van der Waals surface area (Å²) in [6, 6.07) is 6.34. The first-order valence-corrected chi connectivity index (χ1v) is 3.77. The maximum atomic E-state index is 10.7. The normalized spacial score (nSPS) is 14.9. The predicted molar refractivity (Wildman–Crippen MR) is 48.1 cm³/mol. The number of anilines is 1. The molecule has 0 bridgehead atoms. The fourth-order valence-electron chi connectivity index (χ4n) is 1.06. The van der Waals surface area contributed by atoms with E-state index in [1.807, 2.05) is 0 Å². The minimum Gasteiger partial charge on any atom is -0.479 e. The molecular formula is C9H11NO3. The number of carbonyl (C=O) groups is 1. The van der Waals surface area contributed by atoms with Crippen molar-refractivity contribution >= 4 is 11.7 Å². The molecule has 4 heteroatoms. The van der Waals surface area contributed by atoms with Crippen molar-refractivity contribution in [3.63, 3.8) is 0 Å². The number of para-hydroxylation sites is 1. The monoisotopic (exact) mass is 181 g/mol. The molecule has 0 amide bonds. The summed E-state index contributed by atoms with van der Waals surface area (Å²) >= 11 is 0. The number of benzene rings is 1. The van der Waals surface area contributed by atoms with E-state index in [1.165, 1.54) is 13.0 Å². The summed E-state index contributed by atoms with van der Waals surface area (Å²) in [6.07, 6.45) is 0. The quantitative estimate of drug-likeness (QED) is 0.582. The number of aliphatic carboxylic acids is 1. The van der Waals surface area contributed by atoms with Crippen molar-refractivity contribution in [1.82, 2.24) is 0 Å². The summed E-state index contributed by atoms with van der Waals surface area (Å²) < 4.78 is 0. The zero-order valence-electron chi connectivity index (χ0n) is 7.19. The summed E-state index contributed by atoms with van der Waals surface area (Å²) in [6.45, 7) is 1.20. The number of carboxylic acid groups (broad SMARTS) is 1. The zero-order valence-corrected chi connectivity index (χ0v) is 7.19. The Kier molecular flexibility index (Phi) is 2.25. The number of nitrogen functional groups attached to an aromatic ring is 1. The molecular weight excluding hydrogens is 170 g/mol. The van der Waals surface area contributed by atoms with Gasteiger partial charge in [-0.1, -0.05) is 18.2 Å². The Morgan fingerprint density at radius 3 is 2.46 bits per heavy atom. The molecule has 1 aromatic carbocycles. The highest BCUT2D eigenvalue weighted by Crippen LogP contribution is 2.25. The van der Waals surface area contributed by atoms with Crippen LogP contribution in [0.3, 0.4) is 0 Å². The van der Waals surface area contributed by atoms with Crippen LogP contribution in [0.25, 0.3) is 0 Å². The third kappa shape index (κ3) is 1.62. The van der Waals surface area contributed by atoms with E-state index in [2.05, 4.69) is 0 Å². The Morgan fingerprint density at radius 1 is 1.46 bits per heavy atom. The second kappa shape index (κ2) is 3.06. The van der Waals surface area contributed by atoms with Gasteiger partial charge < -0.3 is 15.9 Å². The summed E-state index contributed by atoms with van der Waals surface area (Å²) in [4.78, 5) is 10.7. The number of rotatable bonds is 2. The molecule has 13 heavy (non-hydrogen) atoms. The van der Waals surface area contributed by atoms with Gasteiger partial charge >= 0.3 is 5.97 Å². The second-order valence-electron chi connectivity index (χ2n) is 2.96. The Bertz CT molecular complexity index is 333. The molecule has 0 aliphatic heterocycles. The van der Waals surface area contributed by atoms with Crippen LogP contribution in [0.4, 0.5) is 5.69 Å². The minimum atomic E-state index is -1.93. The van der Waals surface area contributed by atoms with Crippen LogP contribution in [-0.4, -0.2) is 16.2 Å². The molecule has 0 saturated carbocycles. The zero-order chi connectivity index (χ0) is 10.1. The van der Waals surface area contributed by atoms with E-state index in [-0.39, 0.29) is 11.3 Å². The van der Waals surface area contributed by atoms with Crippen LogP contribution in [0, 0.1) is 0 Å². The van der Waals surface area contributed by atoms with Crippen molar-refractivity contribution in [3.05, 3.63) is 29.8 Å². The topological polar surface area (TPSA) is 83.5 Å². The molecule has 1 unspecified atom stereocenters. The molecule has 1 atom stereocenters. The van der Waals surface area contributed by atoms with Crippen molar-refractivity contribution in [2.45, 2.75) is 12.5 Å². The van der Waals surface area contributed by atoms with Crippen LogP contribution in [-0.2, 0) is 10.4 Å². The fraction of sp³-hybridized carbons (Fsp3) is 0.222. The molecule has 0 heterocycles. The van der Waals surface area contributed by atoms with Gasteiger partial charge in [0.25, 0.3) is 0 Å². The highest BCUT2D eigenvalue weighted by atomic mass is 16.4. The van der Waals surface area contributed by atoms with E-state index in [1.54, 1.807) is 18.2 Å². The summed E-state index contributed by atoms with van der Waals surface area (Å²) in [5.41, 5.74) is 4.08. The van der Waals surface area contributed by atoms with Crippen molar-refractivity contribution in [1.29, 1.82) is 0 Å². The summed E-state index contributed by atoms with van der Waals surface area (Å²) in [5.74, 6) is -1.31. The first-order valence-electron chi connectivity index (χ1n) is 3.77. The number of hydrogen-bond donors (Lipinski definition) is 3. The number of nitrogens with two attached hydrogens (primary N) is 1. The number of carboxylic acids is 1. The van der Waals surface area contributed by atoms with E-state index in [0.717, 1.165) is 0 Å². The molecule has 1 aromatic rings. The summed E-state index contributed by atoms with van der Waals surface area (Å²) in [5, 5.41) is 18.3. The molecule has 0 radical (unpaired) electrons. The molecule has 0 saturated heterocycles. The lowest BCUT2D eigenvalue weighted by Gasteiger charge is -2.19. The molecule has 0 aliphatic rings. The first kappa shape index (κ1) is 9.54. The molecule has 0 aromatic heterocycles. The maximum Gasteiger partial charge on any atom is 0.340 e. The second-order valence-corrected chi connectivity index (χ2v) is 2.96. The van der Waals surface area contributed by atoms with Crippen molar-refractivity contribution in [2.24, 2.45) is 0 Å². The smallest absolute Gasteiger partial charge is 0.340 e. The van der Waals surface area contributed by atoms with Gasteiger partial charge in [0.15, 0.2) is 5.60 Å². The third-order valence-electron chi connectivity index (χ3n) is 1.90. The SMILES string of the molecule is CC(O)(C(=O)O)c1ccccc1N. The van der Waals surface area contributed by atoms with E-state index in [0.29, 0.717) is 0 Å². The van der Waals surface area contributed by atoms with Gasteiger partial charge in [0, 0.05) is 11.3 Å². The average Bonchev–Trinajstić information content (AvgIpc) is 2.04. The fourth-order valence-corrected chi connectivity index (χ4v) is 1.06. The molecule has 4 N–H and O–H groups in total. The van der Waals surface area contributed by atoms with Gasteiger partial charge in [0.05, 0.1) is 0 Å². The maximum absolute atomic E-state index is 10.7. The van der Waals surface area contributed by atoms with Gasteiger partial charge in [-0.05, 0) is 13.0 Å². The van der Waals surface area contributed by atoms with Crippen LogP contribution in [0.5, 0.6) is 0 Å². The van der Waals surface area contributed by atoms with Crippen molar-refractivity contribution in [3.8, 4) is 0 Å². The van der Waals surface area contributed by atoms with Crippen LogP contribution < -0.4 is 5.73 Å². The van der Waals surface area contributed by atoms with Gasteiger partial charge in [0.1, 0.15) is 0 Å². The molecule has 70 valence electrons. The lowest BCUT2D eigenvalue weighted by molar-refractivity contribution is -0.157. The molecule has 1 rings (SSSR count). The minimum absolute atomic E-state index is 0.211. The number of hydrogen-bond acceptors (Lipinski definition) is 3. The summed E-state index contributed by atoms with van der Waals surface area (Å²) in [7, 11) is 0. The van der Waals surface area contributed by atoms with Crippen molar-refractivity contribution in [2.75, 3.05) is 5.73 Å². The van der Waals surface area contributed by atoms with Gasteiger partial charge in [-0.15, -0.1) is 0 Å². The Labute approximate surface area is 75.6 Å². The van der Waals surface area contributed by atoms with Gasteiger partial charge in [0.2, 0.25) is 0 Å². The molecule has 4 nitrogen and oxygen atoms in total. The van der Waals surface area contributed by atoms with E-state index in [4.69, 9.17) is 10.8 Å². The first-order chi connectivity index (χ1) is 5.96. The largest absolute Gasteiger partial charge is 0.479 e. The molecule has 0 aliphatic carbocycles. The lowest BCUT2D eigenvalue weighted by Crippen LogP contribution is -2.32. The average molecular weight is 181 g/mol. The van der Waals surface area contributed by atoms with Crippen LogP contribution in [0.1, 0.15) is 12.5 Å². The van der Waals surface area contributed by atoms with Crippen LogP contribution in [0.2, 0.25) is 0 Å². The number of aliphatic hydroxyl groups is 1. The van der Waals surface area contributed by atoms with E-state index < -0.39 is 11.6 Å². The Morgan fingerprint density at radius 2 is 2.00 bits per heavy atom. The standard InChI is InChI=1S/C9H11NO3/c1-9(13,8(11)12)6-4-2-3-5-7(6)10/h2-5,13H,10H2,1H3,(H,11,12). The van der Waals surface area contributed by atoms with Crippen LogP contribution >= 0.6 is 0 Å². The van der Waals surface area contributed by atoms with Gasteiger partial charge in [-0.3, -0.25) is 0 Å². The highest BCUT2D eigenvalue weighted by molar-refractivity contribution is 5.80. The third-order valence-corrected chi connectivity index (χ3v) is 1.90. The Hall–Kier alpha value is -1.55. The Balaban J connectivity index is 3.22. The van der Waals surface area contributed by atoms with Crippen molar-refractivity contribution < 1.29 is 15.0 Å². The van der Waals surface area contributed by atoms with E-state index >= 15 is 0 Å². The van der Waals surface area contributed by atoms with Gasteiger partial charge in [-0.2, -0.15) is 0 Å². The molecule has 0 spiro atoms. The lowest BCUT2D eigenvalue weighted by atomic mass is 9.95. The highest BCUT2D eigenvalue weighted by Gasteiger charge is 2.33. The van der Waals surface area contributed by atoms with E-state index in [9.17, 15) is 9.90 Å². The predicted octanol–water partition coefficient (Wildman–Crippen LogP) is 0.561.